The van der Waals surface area contributed by atoms with E-state index in [9.17, 15) is 4.79 Å². The van der Waals surface area contributed by atoms with Gasteiger partial charge in [0.05, 0.1) is 0 Å². The van der Waals surface area contributed by atoms with Crippen molar-refractivity contribution >= 4 is 17.1 Å². The molecule has 0 aliphatic carbocycles. The van der Waals surface area contributed by atoms with Crippen molar-refractivity contribution in [3.8, 4) is 0 Å². The zero-order valence-electron chi connectivity index (χ0n) is 8.73. The Bertz CT molecular complexity index is 484. The number of carbonyl (C=O) groups excluding carboxylic acids is 1. The fourth-order valence-corrected chi connectivity index (χ4v) is 2.20. The molecular weight excluding hydrogens is 208 g/mol. The molecule has 0 aromatic carbocycles. The van der Waals surface area contributed by atoms with Crippen LogP contribution in [0.1, 0.15) is 21.1 Å². The van der Waals surface area contributed by atoms with Gasteiger partial charge in [0, 0.05) is 30.7 Å². The van der Waals surface area contributed by atoms with E-state index in [0.717, 1.165) is 5.56 Å². The van der Waals surface area contributed by atoms with Crippen molar-refractivity contribution in [1.29, 1.82) is 0 Å². The van der Waals surface area contributed by atoms with Crippen LogP contribution in [-0.4, -0.2) is 15.3 Å². The van der Waals surface area contributed by atoms with Crippen molar-refractivity contribution in [1.82, 2.24) is 9.55 Å². The molecule has 0 atom stereocenters. The molecule has 4 heteroatoms. The number of thiophene rings is 1. The maximum absolute atomic E-state index is 11.8. The highest BCUT2D eigenvalue weighted by Crippen LogP contribution is 2.14. The summed E-state index contributed by atoms with van der Waals surface area (Å²) in [6, 6.07) is 2.05. The number of hydrogen-bond acceptors (Lipinski definition) is 3. The van der Waals surface area contributed by atoms with E-state index in [1.54, 1.807) is 28.3 Å². The summed E-state index contributed by atoms with van der Waals surface area (Å²) >= 11 is 1.67. The molecule has 3 nitrogen and oxygen atoms in total. The smallest absolute Gasteiger partial charge is 0.202 e. The van der Waals surface area contributed by atoms with E-state index < -0.39 is 0 Å². The second-order valence-corrected chi connectivity index (χ2v) is 4.64. The van der Waals surface area contributed by atoms with Crippen LogP contribution in [0.4, 0.5) is 0 Å². The average Bonchev–Trinajstić information content (AvgIpc) is 2.75. The monoisotopic (exact) mass is 220 g/mol. The van der Waals surface area contributed by atoms with Crippen LogP contribution in [0.2, 0.25) is 0 Å². The van der Waals surface area contributed by atoms with Crippen molar-refractivity contribution in [2.75, 3.05) is 0 Å². The van der Waals surface area contributed by atoms with E-state index in [1.807, 2.05) is 25.4 Å². The summed E-state index contributed by atoms with van der Waals surface area (Å²) in [7, 11) is 1.83. The molecule has 0 aliphatic rings. The first-order valence-electron chi connectivity index (χ1n) is 4.71. The first-order chi connectivity index (χ1) is 7.16. The van der Waals surface area contributed by atoms with E-state index >= 15 is 0 Å². The summed E-state index contributed by atoms with van der Waals surface area (Å²) in [5.41, 5.74) is 1.07. The number of hydrogen-bond donors (Lipinski definition) is 0. The molecule has 0 fully saturated rings. The second-order valence-electron chi connectivity index (χ2n) is 3.53. The molecule has 0 bridgehead atoms. The lowest BCUT2D eigenvalue weighted by atomic mass is 10.1. The molecule has 0 N–H and O–H groups in total. The van der Waals surface area contributed by atoms with Crippen molar-refractivity contribution in [3.63, 3.8) is 0 Å². The number of ketones is 1. The highest BCUT2D eigenvalue weighted by Gasteiger charge is 2.11. The first kappa shape index (κ1) is 10.1. The first-order valence-corrected chi connectivity index (χ1v) is 5.59. The van der Waals surface area contributed by atoms with Crippen LogP contribution >= 0.6 is 11.3 Å². The number of imidazole rings is 1. The molecule has 2 rings (SSSR count). The fourth-order valence-electron chi connectivity index (χ4n) is 1.49. The summed E-state index contributed by atoms with van der Waals surface area (Å²) in [6.45, 7) is 2.04. The zero-order chi connectivity index (χ0) is 10.8. The van der Waals surface area contributed by atoms with Gasteiger partial charge in [-0.15, -0.1) is 11.3 Å². The highest BCUT2D eigenvalue weighted by atomic mass is 32.1. The molecule has 15 heavy (non-hydrogen) atoms. The number of Topliss-reactive ketones (excluding diaryl/α,β-unsaturated/α-hetero) is 1. The molecule has 0 amide bonds. The third kappa shape index (κ3) is 2.15. The van der Waals surface area contributed by atoms with Crippen LogP contribution in [0.3, 0.4) is 0 Å². The number of nitrogens with zero attached hydrogens (tertiary/aromatic N) is 2. The van der Waals surface area contributed by atoms with E-state index in [4.69, 9.17) is 0 Å². The number of aryl methyl sites for hydroxylation is 2. The third-order valence-corrected chi connectivity index (χ3v) is 3.13. The quantitative estimate of drug-likeness (QED) is 0.743. The van der Waals surface area contributed by atoms with Crippen LogP contribution in [0.5, 0.6) is 0 Å². The molecule has 0 unspecified atom stereocenters. The molecule has 0 spiro atoms. The second kappa shape index (κ2) is 3.98. The summed E-state index contributed by atoms with van der Waals surface area (Å²) in [5, 5.41) is 2.02. The molecule has 2 heterocycles. The van der Waals surface area contributed by atoms with Gasteiger partial charge in [-0.05, 0) is 23.9 Å². The minimum Gasteiger partial charge on any atom is -0.332 e. The topological polar surface area (TPSA) is 34.9 Å². The van der Waals surface area contributed by atoms with Gasteiger partial charge < -0.3 is 4.57 Å². The van der Waals surface area contributed by atoms with Gasteiger partial charge in [-0.1, -0.05) is 0 Å². The fraction of sp³-hybridized carbons (Fsp3) is 0.273. The van der Waals surface area contributed by atoms with Gasteiger partial charge in [-0.2, -0.15) is 0 Å². The largest absolute Gasteiger partial charge is 0.332 e. The Morgan fingerprint density at radius 3 is 2.93 bits per heavy atom. The molecule has 0 aliphatic heterocycles. The van der Waals surface area contributed by atoms with Crippen molar-refractivity contribution in [2.24, 2.45) is 7.05 Å². The van der Waals surface area contributed by atoms with Crippen LogP contribution in [0.25, 0.3) is 0 Å². The number of carbonyl (C=O) groups is 1. The molecule has 2 aromatic heterocycles. The number of rotatable bonds is 3. The maximum atomic E-state index is 11.8. The zero-order valence-corrected chi connectivity index (χ0v) is 9.54. The van der Waals surface area contributed by atoms with Gasteiger partial charge in [0.2, 0.25) is 5.78 Å². The summed E-state index contributed by atoms with van der Waals surface area (Å²) in [5.74, 6) is 0.596. The van der Waals surface area contributed by atoms with Crippen molar-refractivity contribution in [2.45, 2.75) is 13.3 Å². The van der Waals surface area contributed by atoms with Gasteiger partial charge >= 0.3 is 0 Å². The predicted molar refractivity (Wildman–Crippen MR) is 60.3 cm³/mol. The lowest BCUT2D eigenvalue weighted by Crippen LogP contribution is -2.09. The molecule has 78 valence electrons. The maximum Gasteiger partial charge on any atom is 0.202 e. The third-order valence-electron chi connectivity index (χ3n) is 2.22. The minimum atomic E-state index is 0.0697. The Hall–Kier alpha value is -1.42. The molecule has 0 saturated heterocycles. The van der Waals surface area contributed by atoms with E-state index in [2.05, 4.69) is 4.98 Å². The lowest BCUT2D eigenvalue weighted by Gasteiger charge is -1.98. The van der Waals surface area contributed by atoms with Crippen molar-refractivity contribution < 1.29 is 4.79 Å². The van der Waals surface area contributed by atoms with Gasteiger partial charge in [0.15, 0.2) is 5.82 Å². The summed E-state index contributed by atoms with van der Waals surface area (Å²) in [6.07, 6.45) is 3.87. The number of aromatic nitrogens is 2. The molecule has 0 saturated carbocycles. The van der Waals surface area contributed by atoms with Gasteiger partial charge in [-0.3, -0.25) is 4.79 Å². The Kier molecular flexibility index (Phi) is 2.68. The summed E-state index contributed by atoms with van der Waals surface area (Å²) < 4.78 is 1.75. The van der Waals surface area contributed by atoms with Crippen LogP contribution in [0.15, 0.2) is 23.8 Å². The molecule has 0 radical (unpaired) electrons. The van der Waals surface area contributed by atoms with E-state index in [0.29, 0.717) is 12.2 Å². The van der Waals surface area contributed by atoms with Gasteiger partial charge in [-0.25, -0.2) is 4.98 Å². The Morgan fingerprint density at radius 2 is 2.40 bits per heavy atom. The standard InChI is InChI=1S/C11H12N2OS/c1-8-5-9(7-15-8)6-10(14)11-12-3-4-13(11)2/h3-5,7H,6H2,1-2H3. The Balaban J connectivity index is 2.14. The summed E-state index contributed by atoms with van der Waals surface area (Å²) in [4.78, 5) is 17.1. The van der Waals surface area contributed by atoms with Crippen LogP contribution in [-0.2, 0) is 13.5 Å². The van der Waals surface area contributed by atoms with Crippen LogP contribution < -0.4 is 0 Å². The predicted octanol–water partition coefficient (Wildman–Crippen LogP) is 2.22. The molecule has 2 aromatic rings. The Labute approximate surface area is 92.4 Å². The SMILES string of the molecule is Cc1cc(CC(=O)c2nccn2C)cs1. The van der Waals surface area contributed by atoms with E-state index in [-0.39, 0.29) is 5.78 Å². The highest BCUT2D eigenvalue weighted by molar-refractivity contribution is 7.10. The lowest BCUT2D eigenvalue weighted by molar-refractivity contribution is 0.0980. The van der Waals surface area contributed by atoms with Gasteiger partial charge in [0.25, 0.3) is 0 Å². The normalized spacial score (nSPS) is 10.5. The average molecular weight is 220 g/mol. The van der Waals surface area contributed by atoms with E-state index in [1.165, 1.54) is 4.88 Å². The van der Waals surface area contributed by atoms with Crippen molar-refractivity contribution in [3.05, 3.63) is 40.1 Å². The Morgan fingerprint density at radius 1 is 1.60 bits per heavy atom. The van der Waals surface area contributed by atoms with Gasteiger partial charge in [0.1, 0.15) is 0 Å². The van der Waals surface area contributed by atoms with Crippen LogP contribution in [0, 0.1) is 6.92 Å². The molecular formula is C11H12N2OS. The minimum absolute atomic E-state index is 0.0697.